The Hall–Kier alpha value is -3.18. The van der Waals surface area contributed by atoms with Gasteiger partial charge in [-0.3, -0.25) is 4.79 Å². The average Bonchev–Trinajstić information content (AvgIpc) is 3.18. The molecule has 1 atom stereocenters. The Morgan fingerprint density at radius 3 is 2.59 bits per heavy atom. The van der Waals surface area contributed by atoms with E-state index in [1.165, 1.54) is 0 Å². The van der Waals surface area contributed by atoms with Gasteiger partial charge in [-0.1, -0.05) is 54.1 Å². The summed E-state index contributed by atoms with van der Waals surface area (Å²) < 4.78 is 7.10. The summed E-state index contributed by atoms with van der Waals surface area (Å²) in [5, 5.41) is 5.21. The van der Waals surface area contributed by atoms with Crippen LogP contribution in [0.3, 0.4) is 0 Å². The molecule has 2 aromatic heterocycles. The fourth-order valence-electron chi connectivity index (χ4n) is 3.41. The average molecular weight is 406 g/mol. The fraction of sp³-hybridized carbons (Fsp3) is 0.174. The molecule has 1 unspecified atom stereocenters. The van der Waals surface area contributed by atoms with Crippen molar-refractivity contribution in [3.05, 3.63) is 89.3 Å². The van der Waals surface area contributed by atoms with Gasteiger partial charge < -0.3 is 4.74 Å². The van der Waals surface area contributed by atoms with Crippen LogP contribution < -0.4 is 0 Å². The lowest BCUT2D eigenvalue weighted by Crippen LogP contribution is -2.21. The van der Waals surface area contributed by atoms with Gasteiger partial charge in [0.15, 0.2) is 5.65 Å². The first kappa shape index (κ1) is 19.2. The molecular weight excluding hydrogens is 386 g/mol. The van der Waals surface area contributed by atoms with Gasteiger partial charge in [0, 0.05) is 16.8 Å². The summed E-state index contributed by atoms with van der Waals surface area (Å²) >= 11 is 6.01. The molecule has 0 aliphatic heterocycles. The van der Waals surface area contributed by atoms with Crippen LogP contribution >= 0.6 is 11.6 Å². The number of hydrogen-bond donors (Lipinski definition) is 0. The number of carbonyl (C=O) groups is 1. The molecule has 0 aliphatic carbocycles. The van der Waals surface area contributed by atoms with Gasteiger partial charge in [0.1, 0.15) is 5.92 Å². The first-order valence-electron chi connectivity index (χ1n) is 9.46. The van der Waals surface area contributed by atoms with E-state index in [0.29, 0.717) is 23.7 Å². The van der Waals surface area contributed by atoms with Gasteiger partial charge >= 0.3 is 5.97 Å². The van der Waals surface area contributed by atoms with E-state index in [1.807, 2.05) is 67.6 Å². The molecule has 4 rings (SSSR count). The van der Waals surface area contributed by atoms with E-state index in [2.05, 4.69) is 10.1 Å². The van der Waals surface area contributed by atoms with Crippen molar-refractivity contribution in [2.45, 2.75) is 19.3 Å². The Balaban J connectivity index is 1.79. The molecule has 0 fully saturated rings. The molecule has 0 saturated carbocycles. The first-order valence-corrected chi connectivity index (χ1v) is 9.84. The fourth-order valence-corrected chi connectivity index (χ4v) is 3.53. The predicted molar refractivity (Wildman–Crippen MR) is 113 cm³/mol. The SMILES string of the molecule is CCOC(=O)C(Cc1ccccc1)c1ccnc2c(-c3ccc(Cl)cc3)cnn12. The molecule has 2 aromatic carbocycles. The van der Waals surface area contributed by atoms with Gasteiger partial charge in [0.25, 0.3) is 0 Å². The maximum Gasteiger partial charge on any atom is 0.315 e. The van der Waals surface area contributed by atoms with E-state index in [0.717, 1.165) is 22.4 Å². The largest absolute Gasteiger partial charge is 0.465 e. The van der Waals surface area contributed by atoms with E-state index >= 15 is 0 Å². The number of hydrogen-bond acceptors (Lipinski definition) is 4. The van der Waals surface area contributed by atoms with Crippen molar-refractivity contribution in [1.29, 1.82) is 0 Å². The molecule has 0 saturated heterocycles. The van der Waals surface area contributed by atoms with Crippen LogP contribution in [0.5, 0.6) is 0 Å². The topological polar surface area (TPSA) is 56.5 Å². The van der Waals surface area contributed by atoms with Crippen LogP contribution in [-0.4, -0.2) is 27.2 Å². The van der Waals surface area contributed by atoms with Crippen LogP contribution in [-0.2, 0) is 16.0 Å². The van der Waals surface area contributed by atoms with Crippen molar-refractivity contribution >= 4 is 23.2 Å². The summed E-state index contributed by atoms with van der Waals surface area (Å²) in [6.45, 7) is 2.14. The molecule has 5 nitrogen and oxygen atoms in total. The highest BCUT2D eigenvalue weighted by Gasteiger charge is 2.26. The van der Waals surface area contributed by atoms with Crippen molar-refractivity contribution in [3.63, 3.8) is 0 Å². The van der Waals surface area contributed by atoms with Crippen LogP contribution in [0.15, 0.2) is 73.1 Å². The molecule has 4 aromatic rings. The van der Waals surface area contributed by atoms with E-state index < -0.39 is 5.92 Å². The van der Waals surface area contributed by atoms with Crippen molar-refractivity contribution in [1.82, 2.24) is 14.6 Å². The number of carbonyl (C=O) groups excluding carboxylic acids is 1. The Kier molecular flexibility index (Phi) is 5.58. The number of aromatic nitrogens is 3. The van der Waals surface area contributed by atoms with Gasteiger partial charge in [0.2, 0.25) is 0 Å². The molecular formula is C23H20ClN3O2. The van der Waals surface area contributed by atoms with Crippen molar-refractivity contribution in [3.8, 4) is 11.1 Å². The Bertz CT molecular complexity index is 1120. The standard InChI is InChI=1S/C23H20ClN3O2/c1-2-29-23(28)19(14-16-6-4-3-5-7-16)21-12-13-25-22-20(15-26-27(21)22)17-8-10-18(24)11-9-17/h3-13,15,19H,2,14H2,1H3. The smallest absolute Gasteiger partial charge is 0.315 e. The van der Waals surface area contributed by atoms with E-state index in [4.69, 9.17) is 16.3 Å². The zero-order chi connectivity index (χ0) is 20.2. The highest BCUT2D eigenvalue weighted by molar-refractivity contribution is 6.30. The van der Waals surface area contributed by atoms with Crippen LogP contribution in [0.1, 0.15) is 24.1 Å². The third kappa shape index (κ3) is 4.00. The Labute approximate surface area is 173 Å². The Morgan fingerprint density at radius 1 is 1.10 bits per heavy atom. The van der Waals surface area contributed by atoms with Gasteiger partial charge in [-0.2, -0.15) is 5.10 Å². The predicted octanol–water partition coefficient (Wildman–Crippen LogP) is 4.94. The molecule has 0 aliphatic rings. The van der Waals surface area contributed by atoms with E-state index in [1.54, 1.807) is 16.9 Å². The first-order chi connectivity index (χ1) is 14.2. The summed E-state index contributed by atoms with van der Waals surface area (Å²) in [6, 6.07) is 19.3. The van der Waals surface area contributed by atoms with E-state index in [-0.39, 0.29) is 5.97 Å². The second-order valence-electron chi connectivity index (χ2n) is 6.66. The number of fused-ring (bicyclic) bond motifs is 1. The Morgan fingerprint density at radius 2 is 1.86 bits per heavy atom. The maximum atomic E-state index is 12.8. The molecule has 0 amide bonds. The van der Waals surface area contributed by atoms with Crippen LogP contribution in [0, 0.1) is 0 Å². The molecule has 0 radical (unpaired) electrons. The lowest BCUT2D eigenvalue weighted by Gasteiger charge is -2.17. The van der Waals surface area contributed by atoms with Crippen molar-refractivity contribution < 1.29 is 9.53 Å². The van der Waals surface area contributed by atoms with Gasteiger partial charge in [0.05, 0.1) is 18.5 Å². The van der Waals surface area contributed by atoms with Crippen molar-refractivity contribution in [2.75, 3.05) is 6.61 Å². The number of nitrogens with zero attached hydrogens (tertiary/aromatic N) is 3. The minimum atomic E-state index is -0.485. The quantitative estimate of drug-likeness (QED) is 0.426. The monoisotopic (exact) mass is 405 g/mol. The van der Waals surface area contributed by atoms with Gasteiger partial charge in [-0.25, -0.2) is 9.50 Å². The normalized spacial score (nSPS) is 12.1. The van der Waals surface area contributed by atoms with E-state index in [9.17, 15) is 4.79 Å². The molecule has 0 bridgehead atoms. The second-order valence-corrected chi connectivity index (χ2v) is 7.10. The zero-order valence-electron chi connectivity index (χ0n) is 16.0. The highest BCUT2D eigenvalue weighted by Crippen LogP contribution is 2.28. The van der Waals surface area contributed by atoms with Crippen molar-refractivity contribution in [2.24, 2.45) is 0 Å². The van der Waals surface area contributed by atoms with Gasteiger partial charge in [-0.15, -0.1) is 0 Å². The third-order valence-electron chi connectivity index (χ3n) is 4.80. The highest BCUT2D eigenvalue weighted by atomic mass is 35.5. The van der Waals surface area contributed by atoms with Crippen LogP contribution in [0.2, 0.25) is 5.02 Å². The second kappa shape index (κ2) is 8.45. The summed E-state index contributed by atoms with van der Waals surface area (Å²) in [5.41, 5.74) is 4.33. The summed E-state index contributed by atoms with van der Waals surface area (Å²) in [5.74, 6) is -0.756. The lowest BCUT2D eigenvalue weighted by molar-refractivity contribution is -0.145. The number of ether oxygens (including phenoxy) is 1. The van der Waals surface area contributed by atoms with Crippen LogP contribution in [0.4, 0.5) is 0 Å². The summed E-state index contributed by atoms with van der Waals surface area (Å²) in [6.07, 6.45) is 4.00. The third-order valence-corrected chi connectivity index (χ3v) is 5.05. The molecule has 6 heteroatoms. The number of esters is 1. The summed E-state index contributed by atoms with van der Waals surface area (Å²) in [7, 11) is 0. The molecule has 0 spiro atoms. The lowest BCUT2D eigenvalue weighted by atomic mass is 9.96. The molecule has 29 heavy (non-hydrogen) atoms. The molecule has 146 valence electrons. The zero-order valence-corrected chi connectivity index (χ0v) is 16.7. The molecule has 0 N–H and O–H groups in total. The number of benzene rings is 2. The minimum absolute atomic E-state index is 0.271. The van der Waals surface area contributed by atoms with Gasteiger partial charge in [-0.05, 0) is 42.7 Å². The summed E-state index contributed by atoms with van der Waals surface area (Å²) in [4.78, 5) is 17.3. The van der Waals surface area contributed by atoms with Crippen LogP contribution in [0.25, 0.3) is 16.8 Å². The molecule has 2 heterocycles. The number of rotatable bonds is 6. The maximum absolute atomic E-state index is 12.8. The number of halogens is 1. The minimum Gasteiger partial charge on any atom is -0.465 e.